The second-order valence-electron chi connectivity index (χ2n) is 4.38. The number of carbonyl (C=O) groups is 1. The van der Waals surface area contributed by atoms with E-state index in [2.05, 4.69) is 12.1 Å². The molecule has 0 saturated heterocycles. The van der Waals surface area contributed by atoms with Gasteiger partial charge in [-0.15, -0.1) is 0 Å². The third-order valence-corrected chi connectivity index (χ3v) is 3.20. The fraction of sp³-hybridized carbons (Fsp3) is 0.400. The molecule has 1 aliphatic carbocycles. The van der Waals surface area contributed by atoms with Gasteiger partial charge in [-0.3, -0.25) is 4.79 Å². The summed E-state index contributed by atoms with van der Waals surface area (Å²) in [6.45, 7) is 2.26. The maximum absolute atomic E-state index is 11.6. The van der Waals surface area contributed by atoms with Crippen LogP contribution in [0.25, 0.3) is 5.57 Å². The Morgan fingerprint density at radius 3 is 2.94 bits per heavy atom. The van der Waals surface area contributed by atoms with Gasteiger partial charge in [0.1, 0.15) is 0 Å². The summed E-state index contributed by atoms with van der Waals surface area (Å²) in [6, 6.07) is 8.21. The van der Waals surface area contributed by atoms with Crippen LogP contribution in [0.1, 0.15) is 24.5 Å². The Hall–Kier alpha value is -1.77. The minimum Gasteiger partial charge on any atom is -0.504 e. The van der Waals surface area contributed by atoms with Gasteiger partial charge in [0.15, 0.2) is 0 Å². The van der Waals surface area contributed by atoms with Gasteiger partial charge in [-0.25, -0.2) is 0 Å². The van der Waals surface area contributed by atoms with E-state index in [0.29, 0.717) is 13.0 Å². The summed E-state index contributed by atoms with van der Waals surface area (Å²) >= 11 is 0. The third-order valence-electron chi connectivity index (χ3n) is 3.20. The van der Waals surface area contributed by atoms with E-state index < -0.39 is 0 Å². The molecule has 1 aliphatic rings. The van der Waals surface area contributed by atoms with E-state index in [9.17, 15) is 4.79 Å². The number of hydrogen-bond donors (Lipinski definition) is 0. The third kappa shape index (κ3) is 2.55. The second kappa shape index (κ2) is 5.71. The molecule has 0 saturated carbocycles. The van der Waals surface area contributed by atoms with Crippen molar-refractivity contribution in [3.63, 3.8) is 0 Å². The lowest BCUT2D eigenvalue weighted by molar-refractivity contribution is -0.143. The number of hydrogen-bond acceptors (Lipinski definition) is 3. The first-order chi connectivity index (χ1) is 8.76. The molecule has 96 valence electrons. The van der Waals surface area contributed by atoms with Gasteiger partial charge in [0.2, 0.25) is 0 Å². The molecule has 0 spiro atoms. The molecule has 0 fully saturated rings. The van der Waals surface area contributed by atoms with E-state index in [-0.39, 0.29) is 11.9 Å². The van der Waals surface area contributed by atoms with Crippen LogP contribution in [-0.4, -0.2) is 19.7 Å². The lowest BCUT2D eigenvalue weighted by Gasteiger charge is -2.11. The molecular formula is C15H18O3. The zero-order valence-corrected chi connectivity index (χ0v) is 10.8. The molecular weight excluding hydrogens is 228 g/mol. The van der Waals surface area contributed by atoms with Crippen molar-refractivity contribution in [1.29, 1.82) is 0 Å². The molecule has 3 heteroatoms. The standard InChI is InChI=1S/C15H18O3/c1-3-18-15(16)9-12-8-11-6-4-5-7-13(11)14(12)10-17-2/h4-7,10,12H,3,8-9H2,1-2H3. The van der Waals surface area contributed by atoms with Crippen LogP contribution in [0.2, 0.25) is 0 Å². The Morgan fingerprint density at radius 2 is 2.22 bits per heavy atom. The van der Waals surface area contributed by atoms with Crippen LogP contribution in [0.5, 0.6) is 0 Å². The van der Waals surface area contributed by atoms with Crippen molar-refractivity contribution < 1.29 is 14.3 Å². The Morgan fingerprint density at radius 1 is 1.44 bits per heavy atom. The summed E-state index contributed by atoms with van der Waals surface area (Å²) in [5, 5.41) is 0. The fourth-order valence-corrected chi connectivity index (χ4v) is 2.47. The highest BCUT2D eigenvalue weighted by atomic mass is 16.5. The fourth-order valence-electron chi connectivity index (χ4n) is 2.47. The van der Waals surface area contributed by atoms with Crippen molar-refractivity contribution in [2.45, 2.75) is 19.8 Å². The molecule has 3 nitrogen and oxygen atoms in total. The van der Waals surface area contributed by atoms with Crippen molar-refractivity contribution in [1.82, 2.24) is 0 Å². The van der Waals surface area contributed by atoms with Gasteiger partial charge >= 0.3 is 5.97 Å². The molecule has 0 aliphatic heterocycles. The first kappa shape index (κ1) is 12.7. The van der Waals surface area contributed by atoms with Crippen LogP contribution in [0, 0.1) is 5.92 Å². The topological polar surface area (TPSA) is 35.5 Å². The monoisotopic (exact) mass is 246 g/mol. The van der Waals surface area contributed by atoms with Gasteiger partial charge in [-0.05, 0) is 30.0 Å². The number of allylic oxidation sites excluding steroid dienone is 1. The minimum atomic E-state index is -0.141. The Labute approximate surface area is 107 Å². The minimum absolute atomic E-state index is 0.141. The van der Waals surface area contributed by atoms with Crippen LogP contribution in [0.4, 0.5) is 0 Å². The lowest BCUT2D eigenvalue weighted by Crippen LogP contribution is -2.11. The summed E-state index contributed by atoms with van der Waals surface area (Å²) in [4.78, 5) is 11.6. The Bertz CT molecular complexity index is 463. The normalized spacial score (nSPS) is 19.7. The zero-order chi connectivity index (χ0) is 13.0. The molecule has 18 heavy (non-hydrogen) atoms. The van der Waals surface area contributed by atoms with Crippen molar-refractivity contribution >= 4 is 11.5 Å². The molecule has 1 aromatic rings. The Balaban J connectivity index is 2.19. The zero-order valence-electron chi connectivity index (χ0n) is 10.8. The highest BCUT2D eigenvalue weighted by molar-refractivity contribution is 5.79. The second-order valence-corrected chi connectivity index (χ2v) is 4.38. The Kier molecular flexibility index (Phi) is 4.03. The predicted molar refractivity (Wildman–Crippen MR) is 69.9 cm³/mol. The number of fused-ring (bicyclic) bond motifs is 1. The van der Waals surface area contributed by atoms with Gasteiger partial charge in [0, 0.05) is 5.92 Å². The van der Waals surface area contributed by atoms with Crippen molar-refractivity contribution in [3.05, 3.63) is 41.7 Å². The molecule has 1 unspecified atom stereocenters. The number of ether oxygens (including phenoxy) is 2. The van der Waals surface area contributed by atoms with E-state index in [1.807, 2.05) is 19.1 Å². The lowest BCUT2D eigenvalue weighted by atomic mass is 9.97. The van der Waals surface area contributed by atoms with Gasteiger partial charge in [0.05, 0.1) is 26.4 Å². The average Bonchev–Trinajstić information content (AvgIpc) is 2.68. The highest BCUT2D eigenvalue weighted by Gasteiger charge is 2.29. The number of esters is 1. The summed E-state index contributed by atoms with van der Waals surface area (Å²) in [5.74, 6) is 0.0266. The van der Waals surface area contributed by atoms with Gasteiger partial charge in [-0.1, -0.05) is 24.3 Å². The first-order valence-electron chi connectivity index (χ1n) is 6.23. The number of benzene rings is 1. The molecule has 0 aromatic heterocycles. The number of methoxy groups -OCH3 is 1. The molecule has 0 radical (unpaired) electrons. The average molecular weight is 246 g/mol. The van der Waals surface area contributed by atoms with E-state index in [1.54, 1.807) is 13.4 Å². The molecule has 0 amide bonds. The van der Waals surface area contributed by atoms with Crippen LogP contribution >= 0.6 is 0 Å². The van der Waals surface area contributed by atoms with Gasteiger partial charge in [-0.2, -0.15) is 0 Å². The van der Waals surface area contributed by atoms with E-state index in [4.69, 9.17) is 9.47 Å². The maximum atomic E-state index is 11.6. The van der Waals surface area contributed by atoms with E-state index in [0.717, 1.165) is 12.0 Å². The quantitative estimate of drug-likeness (QED) is 0.605. The maximum Gasteiger partial charge on any atom is 0.306 e. The van der Waals surface area contributed by atoms with Crippen LogP contribution in [-0.2, 0) is 20.7 Å². The first-order valence-corrected chi connectivity index (χ1v) is 6.23. The van der Waals surface area contributed by atoms with E-state index in [1.165, 1.54) is 11.1 Å². The molecule has 0 heterocycles. The van der Waals surface area contributed by atoms with Crippen LogP contribution in [0.3, 0.4) is 0 Å². The predicted octanol–water partition coefficient (Wildman–Crippen LogP) is 2.80. The highest BCUT2D eigenvalue weighted by Crippen LogP contribution is 2.38. The molecule has 0 bridgehead atoms. The molecule has 0 N–H and O–H groups in total. The summed E-state index contributed by atoms with van der Waals surface area (Å²) in [7, 11) is 1.63. The van der Waals surface area contributed by atoms with Gasteiger partial charge < -0.3 is 9.47 Å². The smallest absolute Gasteiger partial charge is 0.306 e. The largest absolute Gasteiger partial charge is 0.504 e. The van der Waals surface area contributed by atoms with Crippen molar-refractivity contribution in [2.24, 2.45) is 5.92 Å². The SMILES string of the molecule is CCOC(=O)CC1Cc2ccccc2C1=COC. The van der Waals surface area contributed by atoms with Crippen LogP contribution < -0.4 is 0 Å². The molecule has 1 aromatic carbocycles. The number of carbonyl (C=O) groups excluding carboxylic acids is 1. The van der Waals surface area contributed by atoms with Crippen molar-refractivity contribution in [3.8, 4) is 0 Å². The van der Waals surface area contributed by atoms with Crippen LogP contribution in [0.15, 0.2) is 30.5 Å². The molecule has 2 rings (SSSR count). The van der Waals surface area contributed by atoms with E-state index >= 15 is 0 Å². The number of rotatable bonds is 4. The van der Waals surface area contributed by atoms with Gasteiger partial charge in [0.25, 0.3) is 0 Å². The van der Waals surface area contributed by atoms with Crippen molar-refractivity contribution in [2.75, 3.05) is 13.7 Å². The summed E-state index contributed by atoms with van der Waals surface area (Å²) < 4.78 is 10.2. The summed E-state index contributed by atoms with van der Waals surface area (Å²) in [5.41, 5.74) is 3.56. The summed E-state index contributed by atoms with van der Waals surface area (Å²) in [6.07, 6.45) is 3.04. The molecule has 1 atom stereocenters.